The van der Waals surface area contributed by atoms with Crippen LogP contribution in [0.1, 0.15) is 39.5 Å². The van der Waals surface area contributed by atoms with Gasteiger partial charge in [-0.1, -0.05) is 0 Å². The molecule has 2 N–H and O–H groups in total. The second kappa shape index (κ2) is 13.1. The number of ether oxygens (including phenoxy) is 3. The molecule has 0 radical (unpaired) electrons. The van der Waals surface area contributed by atoms with Crippen molar-refractivity contribution in [2.24, 2.45) is 11.8 Å². The Bertz CT molecular complexity index is 1100. The van der Waals surface area contributed by atoms with E-state index < -0.39 is 5.60 Å². The minimum Gasteiger partial charge on any atom is -0.476 e. The van der Waals surface area contributed by atoms with E-state index in [9.17, 15) is 14.4 Å². The average Bonchev–Trinajstić information content (AvgIpc) is 3.81. The molecule has 0 spiro atoms. The number of carbonyl (C=O) groups excluding carboxylic acids is 3. The number of methoxy groups -OCH3 is 1. The smallest absolute Gasteiger partial charge is 0.270 e. The van der Waals surface area contributed by atoms with Crippen LogP contribution < -0.4 is 25.2 Å². The third-order valence-corrected chi connectivity index (χ3v) is 8.42. The van der Waals surface area contributed by atoms with Gasteiger partial charge in [-0.15, -0.1) is 0 Å². The van der Waals surface area contributed by atoms with E-state index in [1.54, 1.807) is 25.9 Å². The molecule has 3 fully saturated rings. The fourth-order valence-corrected chi connectivity index (χ4v) is 5.98. The number of nitrogens with one attached hydrogen (secondary N) is 2. The molecule has 1 aromatic carbocycles. The van der Waals surface area contributed by atoms with Crippen LogP contribution >= 0.6 is 0 Å². The second-order valence-electron chi connectivity index (χ2n) is 12.0. The number of hydrogen-bond donors (Lipinski definition) is 2. The molecule has 226 valence electrons. The highest BCUT2D eigenvalue weighted by molar-refractivity contribution is 6.04. The topological polar surface area (TPSA) is 113 Å². The summed E-state index contributed by atoms with van der Waals surface area (Å²) in [6, 6.07) is 5.83. The van der Waals surface area contributed by atoms with Crippen LogP contribution in [0.3, 0.4) is 0 Å². The predicted octanol–water partition coefficient (Wildman–Crippen LogP) is 1.40. The van der Waals surface area contributed by atoms with Gasteiger partial charge in [-0.3, -0.25) is 19.3 Å². The van der Waals surface area contributed by atoms with Crippen molar-refractivity contribution in [3.63, 3.8) is 0 Å². The van der Waals surface area contributed by atoms with E-state index in [0.717, 1.165) is 51.4 Å². The van der Waals surface area contributed by atoms with Crippen molar-refractivity contribution in [3.05, 3.63) is 18.2 Å². The minimum absolute atomic E-state index is 0.0000106. The lowest BCUT2D eigenvalue weighted by molar-refractivity contribution is -0.132. The zero-order valence-electron chi connectivity index (χ0n) is 24.7. The van der Waals surface area contributed by atoms with Crippen molar-refractivity contribution in [3.8, 4) is 5.75 Å². The summed E-state index contributed by atoms with van der Waals surface area (Å²) in [7, 11) is 1.65. The lowest BCUT2D eigenvalue weighted by Crippen LogP contribution is -2.53. The summed E-state index contributed by atoms with van der Waals surface area (Å²) in [4.78, 5) is 46.3. The Balaban J connectivity index is 1.27. The maximum atomic E-state index is 14.0. The van der Waals surface area contributed by atoms with Crippen LogP contribution in [0.2, 0.25) is 0 Å². The van der Waals surface area contributed by atoms with Crippen molar-refractivity contribution in [1.82, 2.24) is 15.5 Å². The number of hydrogen-bond acceptors (Lipinski definition) is 8. The third kappa shape index (κ3) is 7.02. The first-order valence-corrected chi connectivity index (χ1v) is 15.0. The lowest BCUT2D eigenvalue weighted by Gasteiger charge is -2.39. The van der Waals surface area contributed by atoms with Crippen molar-refractivity contribution in [2.45, 2.75) is 51.2 Å². The highest BCUT2D eigenvalue weighted by Gasteiger charge is 2.43. The summed E-state index contributed by atoms with van der Waals surface area (Å²) in [6.45, 7) is 10.4. The van der Waals surface area contributed by atoms with Gasteiger partial charge in [0.05, 0.1) is 30.7 Å². The van der Waals surface area contributed by atoms with Crippen LogP contribution in [0.4, 0.5) is 11.4 Å². The first-order chi connectivity index (χ1) is 19.8. The molecule has 41 heavy (non-hydrogen) atoms. The molecular formula is C30H45N5O6. The number of morpholine rings is 1. The quantitative estimate of drug-likeness (QED) is 0.384. The number of carbonyl (C=O) groups is 3. The highest BCUT2D eigenvalue weighted by atomic mass is 16.5. The Morgan fingerprint density at radius 2 is 1.90 bits per heavy atom. The SMILES string of the molecule is COCCCN1C(=O)C(C)(C)Oc2ccc(N(C(=O)[C@H]3CNC[C@@H](C(=O)NCCN4CCOCC4)C3)C3CC3)cc21. The average molecular weight is 572 g/mol. The van der Waals surface area contributed by atoms with Gasteiger partial charge in [0, 0.05) is 71.3 Å². The molecule has 0 aromatic heterocycles. The predicted molar refractivity (Wildman–Crippen MR) is 155 cm³/mol. The van der Waals surface area contributed by atoms with Crippen molar-refractivity contribution >= 4 is 29.1 Å². The van der Waals surface area contributed by atoms with Gasteiger partial charge in [0.2, 0.25) is 11.8 Å². The number of benzene rings is 1. The minimum atomic E-state index is -0.973. The molecule has 5 rings (SSSR count). The summed E-state index contributed by atoms with van der Waals surface area (Å²) < 4.78 is 16.7. The van der Waals surface area contributed by atoms with Gasteiger partial charge < -0.3 is 34.6 Å². The molecule has 0 unspecified atom stereocenters. The molecule has 3 amide bonds. The number of rotatable bonds is 11. The molecule has 2 atom stereocenters. The van der Waals surface area contributed by atoms with Gasteiger partial charge >= 0.3 is 0 Å². The van der Waals surface area contributed by atoms with Crippen molar-refractivity contribution in [1.29, 1.82) is 0 Å². The van der Waals surface area contributed by atoms with E-state index in [2.05, 4.69) is 15.5 Å². The third-order valence-electron chi connectivity index (χ3n) is 8.42. The summed E-state index contributed by atoms with van der Waals surface area (Å²) in [5, 5.41) is 6.41. The van der Waals surface area contributed by atoms with Crippen LogP contribution in [0.5, 0.6) is 5.75 Å². The molecule has 4 aliphatic rings. The molecule has 1 aromatic rings. The molecule has 1 saturated carbocycles. The molecule has 2 saturated heterocycles. The fourth-order valence-electron chi connectivity index (χ4n) is 5.98. The number of nitrogens with zero attached hydrogens (tertiary/aromatic N) is 3. The molecular weight excluding hydrogens is 526 g/mol. The van der Waals surface area contributed by atoms with Gasteiger partial charge in [-0.05, 0) is 57.7 Å². The number of anilines is 2. The van der Waals surface area contributed by atoms with Crippen LogP contribution in [-0.2, 0) is 23.9 Å². The molecule has 3 aliphatic heterocycles. The summed E-state index contributed by atoms with van der Waals surface area (Å²) >= 11 is 0. The maximum Gasteiger partial charge on any atom is 0.270 e. The Morgan fingerprint density at radius 3 is 2.63 bits per heavy atom. The van der Waals surface area contributed by atoms with Crippen molar-refractivity contribution in [2.75, 3.05) is 82.5 Å². The van der Waals surface area contributed by atoms with Crippen LogP contribution in [0.15, 0.2) is 18.2 Å². The monoisotopic (exact) mass is 571 g/mol. The zero-order chi connectivity index (χ0) is 29.0. The molecule has 11 heteroatoms. The fraction of sp³-hybridized carbons (Fsp3) is 0.700. The number of amides is 3. The largest absolute Gasteiger partial charge is 0.476 e. The lowest BCUT2D eigenvalue weighted by atomic mass is 9.88. The van der Waals surface area contributed by atoms with E-state index in [0.29, 0.717) is 57.1 Å². The summed E-state index contributed by atoms with van der Waals surface area (Å²) in [5.41, 5.74) is 0.473. The zero-order valence-corrected chi connectivity index (χ0v) is 24.7. The van der Waals surface area contributed by atoms with E-state index >= 15 is 0 Å². The second-order valence-corrected chi connectivity index (χ2v) is 12.0. The molecule has 0 bridgehead atoms. The molecule has 3 heterocycles. The van der Waals surface area contributed by atoms with E-state index in [1.165, 1.54) is 0 Å². The first kappa shape index (κ1) is 29.8. The highest BCUT2D eigenvalue weighted by Crippen LogP contribution is 2.43. The Kier molecular flexibility index (Phi) is 9.48. The van der Waals surface area contributed by atoms with E-state index in [-0.39, 0.29) is 35.6 Å². The number of piperidine rings is 1. The Labute approximate surface area is 242 Å². The Morgan fingerprint density at radius 1 is 1.15 bits per heavy atom. The summed E-state index contributed by atoms with van der Waals surface area (Å²) in [5.74, 6) is -0.00445. The van der Waals surface area contributed by atoms with Gasteiger partial charge in [-0.25, -0.2) is 0 Å². The van der Waals surface area contributed by atoms with Crippen LogP contribution in [0.25, 0.3) is 0 Å². The van der Waals surface area contributed by atoms with Crippen LogP contribution in [0, 0.1) is 11.8 Å². The Hall–Kier alpha value is -2.73. The normalized spacial score (nSPS) is 24.4. The molecule has 11 nitrogen and oxygen atoms in total. The van der Waals surface area contributed by atoms with Gasteiger partial charge in [0.15, 0.2) is 5.60 Å². The van der Waals surface area contributed by atoms with Crippen molar-refractivity contribution < 1.29 is 28.6 Å². The van der Waals surface area contributed by atoms with Crippen LogP contribution in [-0.4, -0.2) is 107 Å². The van der Waals surface area contributed by atoms with E-state index in [4.69, 9.17) is 14.2 Å². The van der Waals surface area contributed by atoms with Gasteiger partial charge in [0.25, 0.3) is 5.91 Å². The van der Waals surface area contributed by atoms with E-state index in [1.807, 2.05) is 23.1 Å². The standard InChI is InChI=1S/C30H45N5O6/c1-30(2)29(38)34(10-4-14-39-3)25-18-24(7-8-26(25)41-30)35(23-5-6-23)28(37)22-17-21(19-31-20-22)27(36)32-9-11-33-12-15-40-16-13-33/h7-8,18,21-23,31H,4-6,9-17,19-20H2,1-3H3,(H,32,36)/t21-,22+/m0/s1. The van der Waals surface area contributed by atoms with Gasteiger partial charge in [-0.2, -0.15) is 0 Å². The maximum absolute atomic E-state index is 14.0. The van der Waals surface area contributed by atoms with Gasteiger partial charge in [0.1, 0.15) is 5.75 Å². The number of fused-ring (bicyclic) bond motifs is 1. The summed E-state index contributed by atoms with van der Waals surface area (Å²) in [6.07, 6.45) is 3.09. The first-order valence-electron chi connectivity index (χ1n) is 15.0. The molecule has 1 aliphatic carbocycles.